The van der Waals surface area contributed by atoms with E-state index in [0.29, 0.717) is 18.2 Å². The average molecular weight is 304 g/mol. The monoisotopic (exact) mass is 304 g/mol. The Kier molecular flexibility index (Phi) is 4.10. The van der Waals surface area contributed by atoms with Crippen LogP contribution >= 0.6 is 12.2 Å². The van der Waals surface area contributed by atoms with Crippen molar-refractivity contribution < 1.29 is 9.53 Å². The number of carbonyl (C=O) groups excluding carboxylic acids is 1. The van der Waals surface area contributed by atoms with Crippen LogP contribution in [0, 0.1) is 5.92 Å². The standard InChI is InChI=1S/C16H20N2O2S/c1-2-20-15(19)12-4-6-13(7-5-12)17-16(21)18-10-11-3-8-14(18)9-11/h4-7,11,14H,2-3,8-10H2,1H3,(H,17,21)/t11-,14-/m0/s1. The zero-order chi connectivity index (χ0) is 14.8. The minimum atomic E-state index is -0.288. The van der Waals surface area contributed by atoms with E-state index in [1.165, 1.54) is 19.3 Å². The lowest BCUT2D eigenvalue weighted by Gasteiger charge is -2.29. The number of esters is 1. The van der Waals surface area contributed by atoms with Crippen molar-refractivity contribution in [3.05, 3.63) is 29.8 Å². The molecule has 0 amide bonds. The van der Waals surface area contributed by atoms with E-state index in [1.54, 1.807) is 19.1 Å². The Labute approximate surface area is 130 Å². The van der Waals surface area contributed by atoms with Crippen molar-refractivity contribution in [3.8, 4) is 0 Å². The Bertz CT molecular complexity index is 544. The fourth-order valence-corrected chi connectivity index (χ4v) is 3.61. The summed E-state index contributed by atoms with van der Waals surface area (Å²) in [6, 6.07) is 7.88. The van der Waals surface area contributed by atoms with Gasteiger partial charge in [0.05, 0.1) is 12.2 Å². The smallest absolute Gasteiger partial charge is 0.338 e. The number of likely N-dealkylation sites (tertiary alicyclic amines) is 1. The van der Waals surface area contributed by atoms with Gasteiger partial charge in [-0.2, -0.15) is 0 Å². The normalized spacial score (nSPS) is 23.2. The highest BCUT2D eigenvalue weighted by Crippen LogP contribution is 2.37. The van der Waals surface area contributed by atoms with Gasteiger partial charge in [0, 0.05) is 18.3 Å². The number of hydrogen-bond acceptors (Lipinski definition) is 3. The van der Waals surface area contributed by atoms with Crippen LogP contribution < -0.4 is 5.32 Å². The van der Waals surface area contributed by atoms with Crippen LogP contribution in [0.1, 0.15) is 36.5 Å². The SMILES string of the molecule is CCOC(=O)c1ccc(NC(=S)N2C[C@H]3CC[C@H]2C3)cc1. The number of hydrogen-bond donors (Lipinski definition) is 1. The van der Waals surface area contributed by atoms with E-state index < -0.39 is 0 Å². The first-order chi connectivity index (χ1) is 10.2. The number of fused-ring (bicyclic) bond motifs is 2. The first kappa shape index (κ1) is 14.3. The van der Waals surface area contributed by atoms with E-state index >= 15 is 0 Å². The number of thiocarbonyl (C=S) groups is 1. The van der Waals surface area contributed by atoms with Crippen molar-refractivity contribution >= 4 is 29.0 Å². The third-order valence-corrected chi connectivity index (χ3v) is 4.65. The molecule has 21 heavy (non-hydrogen) atoms. The van der Waals surface area contributed by atoms with E-state index in [4.69, 9.17) is 17.0 Å². The molecule has 2 atom stereocenters. The van der Waals surface area contributed by atoms with Gasteiger partial charge in [-0.15, -0.1) is 0 Å². The Morgan fingerprint density at radius 1 is 1.38 bits per heavy atom. The largest absolute Gasteiger partial charge is 0.462 e. The maximum Gasteiger partial charge on any atom is 0.338 e. The van der Waals surface area contributed by atoms with E-state index in [2.05, 4.69) is 10.2 Å². The molecule has 1 saturated carbocycles. The van der Waals surface area contributed by atoms with Gasteiger partial charge in [-0.1, -0.05) is 0 Å². The molecule has 1 heterocycles. The molecular weight excluding hydrogens is 284 g/mol. The zero-order valence-corrected chi connectivity index (χ0v) is 13.0. The lowest BCUT2D eigenvalue weighted by molar-refractivity contribution is 0.0526. The number of nitrogens with one attached hydrogen (secondary N) is 1. The number of anilines is 1. The third kappa shape index (κ3) is 3.02. The molecule has 0 spiro atoms. The second-order valence-electron chi connectivity index (χ2n) is 5.71. The lowest BCUT2D eigenvalue weighted by atomic mass is 10.1. The predicted octanol–water partition coefficient (Wildman–Crippen LogP) is 3.04. The van der Waals surface area contributed by atoms with Crippen molar-refractivity contribution in [2.45, 2.75) is 32.2 Å². The summed E-state index contributed by atoms with van der Waals surface area (Å²) in [4.78, 5) is 13.9. The maximum absolute atomic E-state index is 11.6. The first-order valence-electron chi connectivity index (χ1n) is 7.52. The predicted molar refractivity (Wildman–Crippen MR) is 86.5 cm³/mol. The zero-order valence-electron chi connectivity index (χ0n) is 12.2. The van der Waals surface area contributed by atoms with Crippen molar-refractivity contribution in [1.29, 1.82) is 0 Å². The molecule has 2 fully saturated rings. The summed E-state index contributed by atoms with van der Waals surface area (Å²) < 4.78 is 4.97. The minimum absolute atomic E-state index is 0.288. The molecule has 112 valence electrons. The van der Waals surface area contributed by atoms with Gasteiger partial charge >= 0.3 is 5.97 Å². The number of rotatable bonds is 3. The highest BCUT2D eigenvalue weighted by Gasteiger charge is 2.38. The molecule has 4 nitrogen and oxygen atoms in total. The number of nitrogens with zero attached hydrogens (tertiary/aromatic N) is 1. The van der Waals surface area contributed by atoms with Crippen LogP contribution in [0.25, 0.3) is 0 Å². The van der Waals surface area contributed by atoms with E-state index in [-0.39, 0.29) is 5.97 Å². The Morgan fingerprint density at radius 3 is 2.71 bits per heavy atom. The number of ether oxygens (including phenoxy) is 1. The molecule has 1 N–H and O–H groups in total. The summed E-state index contributed by atoms with van der Waals surface area (Å²) in [6.07, 6.45) is 3.88. The molecule has 2 bridgehead atoms. The van der Waals surface area contributed by atoms with Gasteiger partial charge in [-0.05, 0) is 68.6 Å². The Hall–Kier alpha value is -1.62. The summed E-state index contributed by atoms with van der Waals surface area (Å²) in [5.41, 5.74) is 1.48. The van der Waals surface area contributed by atoms with Gasteiger partial charge in [0.1, 0.15) is 0 Å². The molecule has 5 heteroatoms. The second kappa shape index (κ2) is 6.02. The van der Waals surface area contributed by atoms with Crippen molar-refractivity contribution in [2.24, 2.45) is 5.92 Å². The summed E-state index contributed by atoms with van der Waals surface area (Å²) in [5, 5.41) is 4.07. The third-order valence-electron chi connectivity index (χ3n) is 4.32. The first-order valence-corrected chi connectivity index (χ1v) is 7.93. The van der Waals surface area contributed by atoms with E-state index in [1.807, 2.05) is 12.1 Å². The topological polar surface area (TPSA) is 41.6 Å². The van der Waals surface area contributed by atoms with Gasteiger partial charge in [-0.25, -0.2) is 4.79 Å². The summed E-state index contributed by atoms with van der Waals surface area (Å²) in [5.74, 6) is 0.532. The molecule has 0 aromatic heterocycles. The van der Waals surface area contributed by atoms with Crippen LogP contribution in [0.2, 0.25) is 0 Å². The number of carbonyl (C=O) groups is 1. The van der Waals surface area contributed by atoms with Crippen LogP contribution in [0.3, 0.4) is 0 Å². The number of piperidine rings is 1. The van der Waals surface area contributed by atoms with Crippen LogP contribution in [-0.4, -0.2) is 35.2 Å². The highest BCUT2D eigenvalue weighted by atomic mass is 32.1. The molecule has 0 unspecified atom stereocenters. The lowest BCUT2D eigenvalue weighted by Crippen LogP contribution is -2.40. The summed E-state index contributed by atoms with van der Waals surface area (Å²) in [7, 11) is 0. The van der Waals surface area contributed by atoms with Crippen LogP contribution in [0.15, 0.2) is 24.3 Å². The minimum Gasteiger partial charge on any atom is -0.462 e. The fraction of sp³-hybridized carbons (Fsp3) is 0.500. The fourth-order valence-electron chi connectivity index (χ4n) is 3.27. The molecule has 1 saturated heterocycles. The molecule has 3 rings (SSSR count). The average Bonchev–Trinajstić information content (AvgIpc) is 3.11. The molecule has 1 aromatic rings. The Balaban J connectivity index is 1.60. The van der Waals surface area contributed by atoms with Gasteiger partial charge in [0.25, 0.3) is 0 Å². The molecule has 1 aliphatic carbocycles. The highest BCUT2D eigenvalue weighted by molar-refractivity contribution is 7.80. The van der Waals surface area contributed by atoms with Gasteiger partial charge < -0.3 is 15.0 Å². The van der Waals surface area contributed by atoms with Crippen LogP contribution in [0.4, 0.5) is 5.69 Å². The summed E-state index contributed by atoms with van der Waals surface area (Å²) in [6.45, 7) is 3.27. The number of benzene rings is 1. The van der Waals surface area contributed by atoms with Gasteiger partial charge in [-0.3, -0.25) is 0 Å². The van der Waals surface area contributed by atoms with Crippen molar-refractivity contribution in [2.75, 3.05) is 18.5 Å². The summed E-state index contributed by atoms with van der Waals surface area (Å²) >= 11 is 5.51. The van der Waals surface area contributed by atoms with Gasteiger partial charge in [0.2, 0.25) is 0 Å². The molecule has 0 radical (unpaired) electrons. The Morgan fingerprint density at radius 2 is 2.14 bits per heavy atom. The van der Waals surface area contributed by atoms with Gasteiger partial charge in [0.15, 0.2) is 5.11 Å². The molecular formula is C16H20N2O2S. The molecule has 1 aromatic carbocycles. The van der Waals surface area contributed by atoms with Crippen molar-refractivity contribution in [3.63, 3.8) is 0 Å². The second-order valence-corrected chi connectivity index (χ2v) is 6.10. The molecule has 2 aliphatic rings. The van der Waals surface area contributed by atoms with E-state index in [0.717, 1.165) is 23.3 Å². The maximum atomic E-state index is 11.6. The van der Waals surface area contributed by atoms with E-state index in [9.17, 15) is 4.79 Å². The van der Waals surface area contributed by atoms with Crippen LogP contribution in [0.5, 0.6) is 0 Å². The van der Waals surface area contributed by atoms with Crippen LogP contribution in [-0.2, 0) is 4.74 Å². The quantitative estimate of drug-likeness (QED) is 0.686. The van der Waals surface area contributed by atoms with Crippen molar-refractivity contribution in [1.82, 2.24) is 4.90 Å². The molecule has 1 aliphatic heterocycles.